The van der Waals surface area contributed by atoms with Crippen LogP contribution in [0, 0.1) is 6.92 Å². The van der Waals surface area contributed by atoms with Crippen molar-refractivity contribution in [3.05, 3.63) is 59.1 Å². The van der Waals surface area contributed by atoms with Gasteiger partial charge >= 0.3 is 5.97 Å². The molecule has 13 heteroatoms. The first-order chi connectivity index (χ1) is 16.7. The Morgan fingerprint density at radius 2 is 1.94 bits per heavy atom. The summed E-state index contributed by atoms with van der Waals surface area (Å²) in [6, 6.07) is 8.29. The van der Waals surface area contributed by atoms with E-state index in [-0.39, 0.29) is 17.5 Å². The van der Waals surface area contributed by atoms with Crippen LogP contribution in [0.5, 0.6) is 0 Å². The molecule has 0 unspecified atom stereocenters. The molecule has 182 valence electrons. The summed E-state index contributed by atoms with van der Waals surface area (Å²) in [5, 5.41) is 6.67. The van der Waals surface area contributed by atoms with Gasteiger partial charge < -0.3 is 14.5 Å². The summed E-state index contributed by atoms with van der Waals surface area (Å²) in [6.07, 6.45) is 4.00. The molecule has 11 nitrogen and oxygen atoms in total. The predicted molar refractivity (Wildman–Crippen MR) is 130 cm³/mol. The molecule has 0 aliphatic heterocycles. The first kappa shape index (κ1) is 24.3. The quantitative estimate of drug-likeness (QED) is 0.314. The van der Waals surface area contributed by atoms with Gasteiger partial charge in [0.2, 0.25) is 5.95 Å². The first-order valence-electron chi connectivity index (χ1n) is 10.5. The lowest BCUT2D eigenvalue weighted by Crippen LogP contribution is -2.06. The fourth-order valence-electron chi connectivity index (χ4n) is 3.04. The Morgan fingerprint density at radius 1 is 1.17 bits per heavy atom. The number of ether oxygens (including phenoxy) is 1. The second-order valence-electron chi connectivity index (χ2n) is 7.38. The number of benzene rings is 1. The van der Waals surface area contributed by atoms with E-state index in [9.17, 15) is 13.2 Å². The van der Waals surface area contributed by atoms with Crippen LogP contribution in [0.2, 0.25) is 0 Å². The maximum atomic E-state index is 12.1. The third-order valence-corrected chi connectivity index (χ3v) is 6.89. The van der Waals surface area contributed by atoms with E-state index in [1.165, 1.54) is 18.8 Å². The molecule has 0 saturated heterocycles. The molecule has 0 spiro atoms. The SMILES string of the molecule is CCOC(=O)c1sc(Nc2nc(NCc3ccc(S(C)(=O)=O)cc3)cc(-c3cnco3)n2)nc1C. The number of esters is 1. The molecular weight excluding hydrogens is 492 g/mol. The number of carbonyl (C=O) groups excluding carboxylic acids is 1. The lowest BCUT2D eigenvalue weighted by Gasteiger charge is -2.10. The average Bonchev–Trinajstić information content (AvgIpc) is 3.47. The molecule has 3 heterocycles. The molecular formula is C22H22N6O5S2. The molecule has 35 heavy (non-hydrogen) atoms. The summed E-state index contributed by atoms with van der Waals surface area (Å²) in [7, 11) is -3.26. The Balaban J connectivity index is 1.57. The van der Waals surface area contributed by atoms with E-state index in [0.29, 0.717) is 39.5 Å². The van der Waals surface area contributed by atoms with Gasteiger partial charge in [0.1, 0.15) is 16.4 Å². The summed E-state index contributed by atoms with van der Waals surface area (Å²) < 4.78 is 33.8. The van der Waals surface area contributed by atoms with Crippen LogP contribution in [0.3, 0.4) is 0 Å². The fraction of sp³-hybridized carbons (Fsp3) is 0.227. The molecule has 0 aliphatic carbocycles. The highest BCUT2D eigenvalue weighted by Crippen LogP contribution is 2.28. The molecule has 4 rings (SSSR count). The number of oxazole rings is 1. The van der Waals surface area contributed by atoms with Crippen molar-refractivity contribution in [1.29, 1.82) is 0 Å². The standard InChI is InChI=1S/C22H22N6O5S2/c1-4-32-20(29)19-13(2)25-22(34-19)28-21-26-16(17-11-23-12-33-17)9-18(27-21)24-10-14-5-7-15(8-6-14)35(3,30)31/h5-9,11-12H,4,10H2,1-3H3,(H2,24,25,26,27,28). The Bertz CT molecular complexity index is 1430. The van der Waals surface area contributed by atoms with Gasteiger partial charge in [-0.15, -0.1) is 0 Å². The second kappa shape index (κ2) is 10.2. The van der Waals surface area contributed by atoms with Gasteiger partial charge in [-0.1, -0.05) is 23.5 Å². The molecule has 1 aromatic carbocycles. The van der Waals surface area contributed by atoms with Crippen molar-refractivity contribution in [3.63, 3.8) is 0 Å². The molecule has 0 saturated carbocycles. The van der Waals surface area contributed by atoms with E-state index in [2.05, 4.69) is 30.6 Å². The fourth-order valence-corrected chi connectivity index (χ4v) is 4.53. The first-order valence-corrected chi connectivity index (χ1v) is 13.2. The van der Waals surface area contributed by atoms with E-state index >= 15 is 0 Å². The number of aryl methyl sites for hydroxylation is 1. The van der Waals surface area contributed by atoms with E-state index in [4.69, 9.17) is 9.15 Å². The highest BCUT2D eigenvalue weighted by atomic mass is 32.2. The number of rotatable bonds is 9. The van der Waals surface area contributed by atoms with Crippen LogP contribution in [0.25, 0.3) is 11.5 Å². The van der Waals surface area contributed by atoms with Crippen LogP contribution < -0.4 is 10.6 Å². The summed E-state index contributed by atoms with van der Waals surface area (Å²) in [5.41, 5.74) is 1.88. The van der Waals surface area contributed by atoms with Gasteiger partial charge in [-0.2, -0.15) is 4.98 Å². The maximum absolute atomic E-state index is 12.1. The number of hydrogen-bond donors (Lipinski definition) is 2. The largest absolute Gasteiger partial charge is 0.462 e. The van der Waals surface area contributed by atoms with E-state index in [0.717, 1.165) is 16.9 Å². The number of hydrogen-bond acceptors (Lipinski definition) is 12. The number of carbonyl (C=O) groups is 1. The topological polar surface area (TPSA) is 149 Å². The zero-order chi connectivity index (χ0) is 25.0. The minimum atomic E-state index is -3.26. The van der Waals surface area contributed by atoms with Gasteiger partial charge in [0.25, 0.3) is 0 Å². The van der Waals surface area contributed by atoms with Crippen LogP contribution in [0.1, 0.15) is 27.9 Å². The van der Waals surface area contributed by atoms with Crippen molar-refractivity contribution >= 4 is 44.0 Å². The van der Waals surface area contributed by atoms with Crippen LogP contribution in [0.15, 0.2) is 52.2 Å². The number of nitrogens with zero attached hydrogens (tertiary/aromatic N) is 4. The molecule has 0 atom stereocenters. The lowest BCUT2D eigenvalue weighted by atomic mass is 10.2. The summed E-state index contributed by atoms with van der Waals surface area (Å²) in [6.45, 7) is 4.12. The van der Waals surface area contributed by atoms with E-state index < -0.39 is 15.8 Å². The molecule has 0 amide bonds. The number of nitrogens with one attached hydrogen (secondary N) is 2. The minimum Gasteiger partial charge on any atom is -0.462 e. The highest BCUT2D eigenvalue weighted by molar-refractivity contribution is 7.90. The van der Waals surface area contributed by atoms with E-state index in [1.807, 2.05) is 0 Å². The zero-order valence-electron chi connectivity index (χ0n) is 19.1. The van der Waals surface area contributed by atoms with Crippen molar-refractivity contribution in [3.8, 4) is 11.5 Å². The average molecular weight is 515 g/mol. The Hall–Kier alpha value is -3.84. The number of sulfone groups is 1. The summed E-state index contributed by atoms with van der Waals surface area (Å²) in [5.74, 6) is 0.729. The third-order valence-electron chi connectivity index (χ3n) is 4.71. The summed E-state index contributed by atoms with van der Waals surface area (Å²) in [4.78, 5) is 30.0. The van der Waals surface area contributed by atoms with Gasteiger partial charge in [0, 0.05) is 18.9 Å². The lowest BCUT2D eigenvalue weighted by molar-refractivity contribution is 0.0531. The smallest absolute Gasteiger partial charge is 0.350 e. The monoisotopic (exact) mass is 514 g/mol. The number of aromatic nitrogens is 4. The second-order valence-corrected chi connectivity index (χ2v) is 10.4. The zero-order valence-corrected chi connectivity index (χ0v) is 20.7. The molecule has 0 radical (unpaired) electrons. The Labute approximate surface area is 205 Å². The molecule has 0 fully saturated rings. The van der Waals surface area contributed by atoms with Crippen molar-refractivity contribution in [1.82, 2.24) is 19.9 Å². The van der Waals surface area contributed by atoms with Crippen LogP contribution in [0.4, 0.5) is 16.9 Å². The van der Waals surface area contributed by atoms with Gasteiger partial charge in [-0.25, -0.2) is 28.2 Å². The van der Waals surface area contributed by atoms with Crippen molar-refractivity contribution < 1.29 is 22.4 Å². The third kappa shape index (κ3) is 6.00. The molecule has 4 aromatic rings. The normalized spacial score (nSPS) is 11.3. The molecule has 2 N–H and O–H groups in total. The van der Waals surface area contributed by atoms with Crippen LogP contribution >= 0.6 is 11.3 Å². The molecule has 3 aromatic heterocycles. The minimum absolute atomic E-state index is 0.234. The summed E-state index contributed by atoms with van der Waals surface area (Å²) >= 11 is 1.14. The Morgan fingerprint density at radius 3 is 2.60 bits per heavy atom. The van der Waals surface area contributed by atoms with Crippen molar-refractivity contribution in [2.75, 3.05) is 23.5 Å². The molecule has 0 aliphatic rings. The van der Waals surface area contributed by atoms with Crippen molar-refractivity contribution in [2.45, 2.75) is 25.3 Å². The van der Waals surface area contributed by atoms with Gasteiger partial charge in [0.05, 0.1) is 23.4 Å². The number of thiazole rings is 1. The molecule has 0 bridgehead atoms. The van der Waals surface area contributed by atoms with Gasteiger partial charge in [-0.3, -0.25) is 5.32 Å². The van der Waals surface area contributed by atoms with Gasteiger partial charge in [0.15, 0.2) is 27.1 Å². The van der Waals surface area contributed by atoms with Crippen LogP contribution in [-0.2, 0) is 21.1 Å². The predicted octanol–water partition coefficient (Wildman–Crippen LogP) is 3.83. The van der Waals surface area contributed by atoms with E-state index in [1.54, 1.807) is 44.2 Å². The Kier molecular flexibility index (Phi) is 7.07. The van der Waals surface area contributed by atoms with Crippen LogP contribution in [-0.4, -0.2) is 47.2 Å². The van der Waals surface area contributed by atoms with Crippen molar-refractivity contribution in [2.24, 2.45) is 0 Å². The van der Waals surface area contributed by atoms with Gasteiger partial charge in [-0.05, 0) is 31.5 Å². The highest BCUT2D eigenvalue weighted by Gasteiger charge is 2.18. The number of anilines is 3. The maximum Gasteiger partial charge on any atom is 0.350 e.